The van der Waals surface area contributed by atoms with Gasteiger partial charge in [-0.15, -0.1) is 11.3 Å². The number of guanidine groups is 1. The predicted octanol–water partition coefficient (Wildman–Crippen LogP) is 2.33. The number of hydrogen-bond acceptors (Lipinski definition) is 8. The number of allylic oxidation sites excluding steroid dienone is 1. The van der Waals surface area contributed by atoms with Gasteiger partial charge in [0.25, 0.3) is 5.91 Å². The topological polar surface area (TPSA) is 103 Å². The minimum Gasteiger partial charge on any atom is -0.350 e. The van der Waals surface area contributed by atoms with Crippen LogP contribution in [0.2, 0.25) is 0 Å². The zero-order chi connectivity index (χ0) is 23.3. The molecule has 1 aromatic heterocycles. The molecular formula is C23H27N5O3S2. The van der Waals surface area contributed by atoms with Gasteiger partial charge < -0.3 is 15.5 Å². The van der Waals surface area contributed by atoms with Crippen LogP contribution in [0, 0.1) is 0 Å². The second-order valence-electron chi connectivity index (χ2n) is 7.90. The lowest BCUT2D eigenvalue weighted by molar-refractivity contribution is 0.0740. The smallest absolute Gasteiger partial charge is 0.264 e. The highest BCUT2D eigenvalue weighted by Crippen LogP contribution is 2.27. The van der Waals surface area contributed by atoms with Crippen LogP contribution < -0.4 is 10.6 Å². The molecule has 2 aromatic rings. The van der Waals surface area contributed by atoms with E-state index in [0.717, 1.165) is 47.1 Å². The van der Waals surface area contributed by atoms with Gasteiger partial charge in [0.1, 0.15) is 0 Å². The third-order valence-electron chi connectivity index (χ3n) is 5.38. The van der Waals surface area contributed by atoms with Crippen LogP contribution in [0.15, 0.2) is 51.3 Å². The molecule has 33 heavy (non-hydrogen) atoms. The fraction of sp³-hybridized carbons (Fsp3) is 0.348. The molecule has 10 heteroatoms. The molecule has 0 aliphatic carbocycles. The molecule has 2 aliphatic heterocycles. The zero-order valence-electron chi connectivity index (χ0n) is 18.5. The first-order valence-electron chi connectivity index (χ1n) is 10.8. The number of fused-ring (bicyclic) bond motifs is 1. The molecule has 0 atom stereocenters. The number of hydrogen-bond donors (Lipinski definition) is 2. The van der Waals surface area contributed by atoms with Crippen molar-refractivity contribution in [2.75, 3.05) is 32.4 Å². The number of rotatable bonds is 4. The first kappa shape index (κ1) is 23.3. The Morgan fingerprint density at radius 2 is 1.97 bits per heavy atom. The summed E-state index contributed by atoms with van der Waals surface area (Å²) in [7, 11) is -3.21. The van der Waals surface area contributed by atoms with Crippen LogP contribution in [-0.4, -0.2) is 63.8 Å². The lowest BCUT2D eigenvalue weighted by Crippen LogP contribution is -2.46. The van der Waals surface area contributed by atoms with Crippen molar-refractivity contribution in [3.63, 3.8) is 0 Å². The molecular weight excluding hydrogens is 458 g/mol. The van der Waals surface area contributed by atoms with E-state index < -0.39 is 9.84 Å². The summed E-state index contributed by atoms with van der Waals surface area (Å²) < 4.78 is 23.3. The second-order valence-corrected chi connectivity index (χ2v) is 11.0. The van der Waals surface area contributed by atoms with Gasteiger partial charge in [-0.25, -0.2) is 18.4 Å². The highest BCUT2D eigenvalue weighted by Gasteiger charge is 2.21. The van der Waals surface area contributed by atoms with Crippen molar-refractivity contribution in [2.24, 2.45) is 9.98 Å². The summed E-state index contributed by atoms with van der Waals surface area (Å²) in [5, 5.41) is 6.50. The van der Waals surface area contributed by atoms with Gasteiger partial charge in [0.2, 0.25) is 5.96 Å². The molecule has 3 heterocycles. The van der Waals surface area contributed by atoms with Gasteiger partial charge in [-0.2, -0.15) is 0 Å². The molecule has 1 amide bonds. The number of amides is 1. The van der Waals surface area contributed by atoms with Gasteiger partial charge in [-0.05, 0) is 35.4 Å². The average molecular weight is 486 g/mol. The number of carbonyl (C=O) groups is 1. The molecule has 0 unspecified atom stereocenters. The summed E-state index contributed by atoms with van der Waals surface area (Å²) in [6.07, 6.45) is 7.71. The fourth-order valence-corrected chi connectivity index (χ4v) is 5.25. The Bertz CT molecular complexity index is 1190. The Kier molecular flexibility index (Phi) is 7.36. The summed E-state index contributed by atoms with van der Waals surface area (Å²) in [5.74, 6) is 0.581. The molecule has 8 nitrogen and oxygen atoms in total. The van der Waals surface area contributed by atoms with Crippen molar-refractivity contribution in [2.45, 2.75) is 24.4 Å². The maximum atomic E-state index is 12.9. The molecule has 1 aromatic carbocycles. The lowest BCUT2D eigenvalue weighted by Gasteiger charge is -2.26. The SMILES string of the molecule is CS(=O)(=O)c1ccc(CNC2=N/Cc3cc(C(=O)N4CCNCC4)sc3/C=C\C/C=N\2)cc1. The van der Waals surface area contributed by atoms with Gasteiger partial charge >= 0.3 is 0 Å². The number of sulfone groups is 1. The van der Waals surface area contributed by atoms with Gasteiger partial charge in [0.05, 0.1) is 16.3 Å². The highest BCUT2D eigenvalue weighted by molar-refractivity contribution is 7.90. The van der Waals surface area contributed by atoms with Crippen LogP contribution in [-0.2, 0) is 22.9 Å². The first-order chi connectivity index (χ1) is 15.9. The van der Waals surface area contributed by atoms with E-state index in [1.807, 2.05) is 23.1 Å². The van der Waals surface area contributed by atoms with Crippen molar-refractivity contribution in [1.29, 1.82) is 0 Å². The van der Waals surface area contributed by atoms with Crippen molar-refractivity contribution >= 4 is 45.3 Å². The number of piperazine rings is 1. The average Bonchev–Trinajstić information content (AvgIpc) is 3.23. The van der Waals surface area contributed by atoms with Gasteiger partial charge in [-0.1, -0.05) is 18.2 Å². The van der Waals surface area contributed by atoms with Gasteiger partial charge in [0, 0.05) is 56.5 Å². The number of nitrogens with one attached hydrogen (secondary N) is 2. The van der Waals surface area contributed by atoms with Gasteiger partial charge in [0.15, 0.2) is 9.84 Å². The zero-order valence-corrected chi connectivity index (χ0v) is 20.1. The van der Waals surface area contributed by atoms with Crippen molar-refractivity contribution < 1.29 is 13.2 Å². The summed E-state index contributed by atoms with van der Waals surface area (Å²) >= 11 is 1.51. The fourth-order valence-electron chi connectivity index (χ4n) is 3.55. The van der Waals surface area contributed by atoms with Crippen LogP contribution in [0.5, 0.6) is 0 Å². The minimum atomic E-state index is -3.21. The van der Waals surface area contributed by atoms with Crippen LogP contribution in [0.4, 0.5) is 0 Å². The molecule has 0 spiro atoms. The van der Waals surface area contributed by atoms with Gasteiger partial charge in [-0.3, -0.25) is 4.79 Å². The van der Waals surface area contributed by atoms with E-state index in [1.165, 1.54) is 17.6 Å². The Morgan fingerprint density at radius 3 is 2.70 bits per heavy atom. The largest absolute Gasteiger partial charge is 0.350 e. The molecule has 174 valence electrons. The summed E-state index contributed by atoms with van der Waals surface area (Å²) in [6.45, 7) is 3.98. The molecule has 1 saturated heterocycles. The molecule has 1 fully saturated rings. The maximum Gasteiger partial charge on any atom is 0.264 e. The normalized spacial score (nSPS) is 20.3. The second kappa shape index (κ2) is 10.4. The number of carbonyl (C=O) groups excluding carboxylic acids is 1. The predicted molar refractivity (Wildman–Crippen MR) is 133 cm³/mol. The number of thiophene rings is 1. The van der Waals surface area contributed by atoms with E-state index in [1.54, 1.807) is 30.5 Å². The Labute approximate surface area is 198 Å². The maximum absolute atomic E-state index is 12.9. The van der Waals surface area contributed by atoms with Crippen LogP contribution in [0.1, 0.15) is 32.1 Å². The summed E-state index contributed by atoms with van der Waals surface area (Å²) in [5.41, 5.74) is 1.93. The first-order valence-corrected chi connectivity index (χ1v) is 13.5. The van der Waals surface area contributed by atoms with E-state index in [4.69, 9.17) is 0 Å². The summed E-state index contributed by atoms with van der Waals surface area (Å²) in [4.78, 5) is 25.9. The van der Waals surface area contributed by atoms with Crippen LogP contribution in [0.25, 0.3) is 6.08 Å². The standard InChI is InChI=1S/C23H27N5O3S2/c1-33(30,31)19-7-5-17(6-8-19)15-26-23-25-9-3-2-4-20-18(16-27-23)14-21(32-20)22(29)28-12-10-24-11-13-28/h2,4-9,14,24H,3,10-13,15-16H2,1H3,(H,26,27)/b4-2-,25-9-. The van der Waals surface area contributed by atoms with Crippen molar-refractivity contribution in [3.05, 3.63) is 57.3 Å². The molecule has 0 bridgehead atoms. The van der Waals surface area contributed by atoms with E-state index in [0.29, 0.717) is 30.4 Å². The quantitative estimate of drug-likeness (QED) is 0.692. The molecule has 4 rings (SSSR count). The molecule has 2 aliphatic rings. The lowest BCUT2D eigenvalue weighted by atomic mass is 10.2. The van der Waals surface area contributed by atoms with Crippen LogP contribution in [0.3, 0.4) is 0 Å². The third-order valence-corrected chi connectivity index (χ3v) is 7.64. The Morgan fingerprint density at radius 1 is 1.21 bits per heavy atom. The van der Waals surface area contributed by atoms with E-state index in [-0.39, 0.29) is 5.91 Å². The van der Waals surface area contributed by atoms with E-state index in [2.05, 4.69) is 20.6 Å². The monoisotopic (exact) mass is 485 g/mol. The molecule has 0 radical (unpaired) electrons. The van der Waals surface area contributed by atoms with E-state index >= 15 is 0 Å². The number of benzene rings is 1. The van der Waals surface area contributed by atoms with Crippen LogP contribution >= 0.6 is 11.3 Å². The Balaban J connectivity index is 1.46. The molecule has 2 N–H and O–H groups in total. The van der Waals surface area contributed by atoms with Crippen molar-refractivity contribution in [3.8, 4) is 0 Å². The minimum absolute atomic E-state index is 0.0772. The third kappa shape index (κ3) is 6.16. The number of nitrogens with zero attached hydrogens (tertiary/aromatic N) is 3. The Hall–Kier alpha value is -2.82. The number of aliphatic imine (C=N–C) groups is 2. The van der Waals surface area contributed by atoms with Crippen molar-refractivity contribution in [1.82, 2.24) is 15.5 Å². The highest BCUT2D eigenvalue weighted by atomic mass is 32.2. The van der Waals surface area contributed by atoms with E-state index in [9.17, 15) is 13.2 Å². The molecule has 0 saturated carbocycles. The summed E-state index contributed by atoms with van der Waals surface area (Å²) in [6, 6.07) is 8.71.